The molecule has 2 N–H and O–H groups in total. The number of alkyl halides is 5. The third kappa shape index (κ3) is 2.37. The molecule has 0 spiro atoms. The lowest BCUT2D eigenvalue weighted by Gasteiger charge is -2.34. The standard InChI is InChI=1S/C8H8F5N3O3/c1-16-5(14-3-15-16)6(19,2-4(17)18)7(9,10)8(11,12)13/h3,19H,2H2,1H3,(H,17,18). The Bertz CT molecular complexity index is 486. The highest BCUT2D eigenvalue weighted by atomic mass is 19.4. The molecule has 0 aliphatic rings. The third-order valence-electron chi connectivity index (χ3n) is 2.36. The Hall–Kier alpha value is -1.78. The number of rotatable bonds is 4. The summed E-state index contributed by atoms with van der Waals surface area (Å²) in [7, 11) is 0.946. The molecule has 1 rings (SSSR count). The average molecular weight is 289 g/mol. The maximum absolute atomic E-state index is 13.4. The van der Waals surface area contributed by atoms with E-state index in [1.807, 2.05) is 0 Å². The average Bonchev–Trinajstić information content (AvgIpc) is 2.61. The highest BCUT2D eigenvalue weighted by molar-refractivity contribution is 5.68. The summed E-state index contributed by atoms with van der Waals surface area (Å²) in [6.07, 6.45) is -7.41. The second-order valence-corrected chi connectivity index (χ2v) is 3.71. The Kier molecular flexibility index (Phi) is 3.54. The highest BCUT2D eigenvalue weighted by Gasteiger charge is 2.72. The second kappa shape index (κ2) is 4.40. The third-order valence-corrected chi connectivity index (χ3v) is 2.36. The maximum atomic E-state index is 13.4. The Morgan fingerprint density at radius 1 is 1.37 bits per heavy atom. The molecule has 1 unspecified atom stereocenters. The second-order valence-electron chi connectivity index (χ2n) is 3.71. The predicted molar refractivity (Wildman–Crippen MR) is 48.2 cm³/mol. The van der Waals surface area contributed by atoms with Crippen LogP contribution in [0.2, 0.25) is 0 Å². The summed E-state index contributed by atoms with van der Waals surface area (Å²) in [4.78, 5) is 13.6. The van der Waals surface area contributed by atoms with Crippen molar-refractivity contribution in [1.29, 1.82) is 0 Å². The Labute approximate surface area is 102 Å². The van der Waals surface area contributed by atoms with E-state index in [1.54, 1.807) is 0 Å². The van der Waals surface area contributed by atoms with Gasteiger partial charge in [0.2, 0.25) is 5.60 Å². The molecule has 1 heterocycles. The van der Waals surface area contributed by atoms with E-state index < -0.39 is 35.9 Å². The normalized spacial score (nSPS) is 16.2. The fraction of sp³-hybridized carbons (Fsp3) is 0.625. The fourth-order valence-electron chi connectivity index (χ4n) is 1.45. The Balaban J connectivity index is 3.45. The fourth-order valence-corrected chi connectivity index (χ4v) is 1.45. The summed E-state index contributed by atoms with van der Waals surface area (Å²) in [6.45, 7) is 0. The van der Waals surface area contributed by atoms with Crippen molar-refractivity contribution in [2.75, 3.05) is 0 Å². The minimum absolute atomic E-state index is 0.447. The van der Waals surface area contributed by atoms with E-state index >= 15 is 0 Å². The molecule has 0 fully saturated rings. The van der Waals surface area contributed by atoms with Gasteiger partial charge in [0.1, 0.15) is 6.33 Å². The van der Waals surface area contributed by atoms with E-state index in [0.29, 0.717) is 11.0 Å². The molecule has 0 aliphatic heterocycles. The Morgan fingerprint density at radius 3 is 2.21 bits per heavy atom. The summed E-state index contributed by atoms with van der Waals surface area (Å²) in [5.74, 6) is -8.95. The van der Waals surface area contributed by atoms with Crippen LogP contribution in [0.4, 0.5) is 22.0 Å². The number of carbonyl (C=O) groups is 1. The molecule has 0 amide bonds. The van der Waals surface area contributed by atoms with Crippen molar-refractivity contribution in [3.63, 3.8) is 0 Å². The molecular weight excluding hydrogens is 281 g/mol. The van der Waals surface area contributed by atoms with Gasteiger partial charge in [-0.25, -0.2) is 4.98 Å². The monoisotopic (exact) mass is 289 g/mol. The molecule has 0 bridgehead atoms. The topological polar surface area (TPSA) is 88.2 Å². The van der Waals surface area contributed by atoms with Gasteiger partial charge >= 0.3 is 18.1 Å². The van der Waals surface area contributed by atoms with Crippen LogP contribution in [0.15, 0.2) is 6.33 Å². The first-order valence-corrected chi connectivity index (χ1v) is 4.66. The van der Waals surface area contributed by atoms with Gasteiger partial charge in [0, 0.05) is 7.05 Å². The number of hydrogen-bond donors (Lipinski definition) is 2. The molecule has 11 heteroatoms. The van der Waals surface area contributed by atoms with Gasteiger partial charge in [-0.2, -0.15) is 27.1 Å². The summed E-state index contributed by atoms with van der Waals surface area (Å²) in [6, 6.07) is 0. The lowest BCUT2D eigenvalue weighted by atomic mass is 9.90. The van der Waals surface area contributed by atoms with E-state index in [1.165, 1.54) is 0 Å². The van der Waals surface area contributed by atoms with Crippen molar-refractivity contribution in [3.05, 3.63) is 12.2 Å². The lowest BCUT2D eigenvalue weighted by Crippen LogP contribution is -2.57. The molecule has 1 atom stereocenters. The molecule has 1 aromatic rings. The van der Waals surface area contributed by atoms with Gasteiger partial charge in [0.25, 0.3) is 0 Å². The molecule has 0 saturated carbocycles. The number of aliphatic carboxylic acids is 1. The van der Waals surface area contributed by atoms with Crippen LogP contribution in [0.25, 0.3) is 0 Å². The summed E-state index contributed by atoms with van der Waals surface area (Å²) in [5, 5.41) is 21.3. The molecule has 6 nitrogen and oxygen atoms in total. The number of halogens is 5. The molecule has 0 radical (unpaired) electrons. The number of hydrogen-bond acceptors (Lipinski definition) is 4. The van der Waals surface area contributed by atoms with Crippen LogP contribution in [-0.4, -0.2) is 43.0 Å². The molecule has 19 heavy (non-hydrogen) atoms. The van der Waals surface area contributed by atoms with Crippen LogP contribution < -0.4 is 0 Å². The van der Waals surface area contributed by atoms with Crippen molar-refractivity contribution >= 4 is 5.97 Å². The van der Waals surface area contributed by atoms with E-state index in [2.05, 4.69) is 10.1 Å². The van der Waals surface area contributed by atoms with Gasteiger partial charge in [0.15, 0.2) is 5.82 Å². The summed E-state index contributed by atoms with van der Waals surface area (Å²) < 4.78 is 64.2. The SMILES string of the molecule is Cn1ncnc1C(O)(CC(=O)O)C(F)(F)C(F)(F)F. The van der Waals surface area contributed by atoms with Gasteiger partial charge < -0.3 is 10.2 Å². The minimum atomic E-state index is -6.15. The smallest absolute Gasteiger partial charge is 0.456 e. The van der Waals surface area contributed by atoms with Gasteiger partial charge in [0.05, 0.1) is 6.42 Å². The minimum Gasteiger partial charge on any atom is -0.481 e. The van der Waals surface area contributed by atoms with Gasteiger partial charge in [-0.05, 0) is 0 Å². The van der Waals surface area contributed by atoms with Gasteiger partial charge in [-0.1, -0.05) is 0 Å². The van der Waals surface area contributed by atoms with Crippen LogP contribution in [0.3, 0.4) is 0 Å². The van der Waals surface area contributed by atoms with Crippen LogP contribution in [0, 0.1) is 0 Å². The lowest BCUT2D eigenvalue weighted by molar-refractivity contribution is -0.348. The van der Waals surface area contributed by atoms with Crippen LogP contribution in [0.5, 0.6) is 0 Å². The highest BCUT2D eigenvalue weighted by Crippen LogP contribution is 2.49. The quantitative estimate of drug-likeness (QED) is 0.796. The van der Waals surface area contributed by atoms with Gasteiger partial charge in [-0.15, -0.1) is 0 Å². The van der Waals surface area contributed by atoms with Crippen LogP contribution in [-0.2, 0) is 17.4 Å². The zero-order valence-corrected chi connectivity index (χ0v) is 9.32. The van der Waals surface area contributed by atoms with E-state index in [0.717, 1.165) is 7.05 Å². The number of aromatic nitrogens is 3. The first-order valence-electron chi connectivity index (χ1n) is 4.66. The molecular formula is C8H8F5N3O3. The largest absolute Gasteiger partial charge is 0.481 e. The summed E-state index contributed by atoms with van der Waals surface area (Å²) >= 11 is 0. The van der Waals surface area contributed by atoms with Crippen molar-refractivity contribution in [2.45, 2.75) is 24.1 Å². The Morgan fingerprint density at radius 2 is 1.89 bits per heavy atom. The van der Waals surface area contributed by atoms with E-state index in [9.17, 15) is 31.9 Å². The molecule has 0 saturated heterocycles. The zero-order chi connectivity index (χ0) is 15.1. The molecule has 0 aromatic carbocycles. The number of carboxylic acids is 1. The van der Waals surface area contributed by atoms with Crippen molar-refractivity contribution in [3.8, 4) is 0 Å². The number of aryl methyl sites for hydroxylation is 1. The van der Waals surface area contributed by atoms with Crippen LogP contribution >= 0.6 is 0 Å². The summed E-state index contributed by atoms with van der Waals surface area (Å²) in [5.41, 5.74) is -4.05. The van der Waals surface area contributed by atoms with Crippen molar-refractivity contribution in [1.82, 2.24) is 14.8 Å². The maximum Gasteiger partial charge on any atom is 0.456 e. The molecule has 0 aliphatic carbocycles. The first-order chi connectivity index (χ1) is 8.43. The molecule has 1 aromatic heterocycles. The number of nitrogens with zero attached hydrogens (tertiary/aromatic N) is 3. The van der Waals surface area contributed by atoms with E-state index in [4.69, 9.17) is 5.11 Å². The molecule has 108 valence electrons. The van der Waals surface area contributed by atoms with Gasteiger partial charge in [-0.3, -0.25) is 9.48 Å². The van der Waals surface area contributed by atoms with E-state index in [-0.39, 0.29) is 0 Å². The van der Waals surface area contributed by atoms with Crippen molar-refractivity contribution in [2.24, 2.45) is 7.05 Å². The first kappa shape index (κ1) is 15.3. The predicted octanol–water partition coefficient (Wildman–Crippen LogP) is 0.675. The number of carboxylic acid groups (broad SMARTS) is 1. The zero-order valence-electron chi connectivity index (χ0n) is 9.32. The van der Waals surface area contributed by atoms with Crippen LogP contribution in [0.1, 0.15) is 12.2 Å². The van der Waals surface area contributed by atoms with Crippen molar-refractivity contribution < 1.29 is 37.0 Å². The number of aliphatic hydroxyl groups is 1.